The summed E-state index contributed by atoms with van der Waals surface area (Å²) in [5.41, 5.74) is 1.75. The Morgan fingerprint density at radius 3 is 1.46 bits per heavy atom. The number of aromatic nitrogens is 3. The SMILES string of the molecule is C#CCNc1nc(NCc2ccc(F)cc2)nc(NCc2ccc(F)cc2)n1. The van der Waals surface area contributed by atoms with E-state index in [4.69, 9.17) is 6.42 Å². The average molecular weight is 380 g/mol. The molecule has 28 heavy (non-hydrogen) atoms. The highest BCUT2D eigenvalue weighted by Gasteiger charge is 2.07. The van der Waals surface area contributed by atoms with Crippen molar-refractivity contribution < 1.29 is 8.78 Å². The van der Waals surface area contributed by atoms with Gasteiger partial charge in [-0.3, -0.25) is 0 Å². The van der Waals surface area contributed by atoms with Gasteiger partial charge >= 0.3 is 0 Å². The number of halogens is 2. The summed E-state index contributed by atoms with van der Waals surface area (Å²) in [6, 6.07) is 12.3. The highest BCUT2D eigenvalue weighted by atomic mass is 19.1. The Hall–Kier alpha value is -3.73. The summed E-state index contributed by atoms with van der Waals surface area (Å²) in [5, 5.41) is 9.06. The Bertz CT molecular complexity index is 884. The standard InChI is InChI=1S/C20H18F2N6/c1-2-11-23-18-26-19(24-12-14-3-7-16(21)8-4-14)28-20(27-18)25-13-15-5-9-17(22)10-6-15/h1,3-10H,11-13H2,(H3,23,24,25,26,27,28). The van der Waals surface area contributed by atoms with Crippen LogP contribution in [0.25, 0.3) is 0 Å². The Kier molecular flexibility index (Phi) is 6.31. The molecule has 3 rings (SSSR count). The van der Waals surface area contributed by atoms with Crippen molar-refractivity contribution in [3.05, 3.63) is 71.3 Å². The van der Waals surface area contributed by atoms with E-state index in [0.29, 0.717) is 30.9 Å². The van der Waals surface area contributed by atoms with Crippen molar-refractivity contribution >= 4 is 17.8 Å². The van der Waals surface area contributed by atoms with Crippen molar-refractivity contribution in [2.45, 2.75) is 13.1 Å². The van der Waals surface area contributed by atoms with Crippen molar-refractivity contribution in [1.82, 2.24) is 15.0 Å². The topological polar surface area (TPSA) is 74.8 Å². The first-order valence-corrected chi connectivity index (χ1v) is 8.52. The van der Waals surface area contributed by atoms with E-state index >= 15 is 0 Å². The van der Waals surface area contributed by atoms with E-state index in [1.54, 1.807) is 24.3 Å². The lowest BCUT2D eigenvalue weighted by Crippen LogP contribution is -2.12. The molecule has 0 saturated carbocycles. The van der Waals surface area contributed by atoms with Gasteiger partial charge in [-0.1, -0.05) is 30.2 Å². The Labute approximate surface area is 161 Å². The lowest BCUT2D eigenvalue weighted by Gasteiger charge is -2.11. The summed E-state index contributed by atoms with van der Waals surface area (Å²) in [4.78, 5) is 12.9. The van der Waals surface area contributed by atoms with Crippen LogP contribution in [0.4, 0.5) is 26.6 Å². The molecular weight excluding hydrogens is 362 g/mol. The first-order chi connectivity index (χ1) is 13.6. The molecule has 3 aromatic rings. The van der Waals surface area contributed by atoms with E-state index in [1.165, 1.54) is 24.3 Å². The molecule has 0 aliphatic heterocycles. The number of benzene rings is 2. The van der Waals surface area contributed by atoms with E-state index in [2.05, 4.69) is 36.8 Å². The zero-order chi connectivity index (χ0) is 19.8. The van der Waals surface area contributed by atoms with E-state index in [-0.39, 0.29) is 18.2 Å². The van der Waals surface area contributed by atoms with E-state index in [1.807, 2.05) is 0 Å². The summed E-state index contributed by atoms with van der Waals surface area (Å²) in [6.07, 6.45) is 5.27. The van der Waals surface area contributed by atoms with Crippen molar-refractivity contribution in [2.75, 3.05) is 22.5 Å². The molecule has 1 aromatic heterocycles. The molecule has 0 saturated heterocycles. The lowest BCUT2D eigenvalue weighted by molar-refractivity contribution is 0.626. The van der Waals surface area contributed by atoms with Gasteiger partial charge in [-0.15, -0.1) is 6.42 Å². The first-order valence-electron chi connectivity index (χ1n) is 8.52. The Morgan fingerprint density at radius 1 is 0.679 bits per heavy atom. The van der Waals surface area contributed by atoms with Crippen molar-refractivity contribution in [1.29, 1.82) is 0 Å². The third-order valence-corrected chi connectivity index (χ3v) is 3.71. The van der Waals surface area contributed by atoms with Crippen LogP contribution in [0.3, 0.4) is 0 Å². The Balaban J connectivity index is 1.71. The van der Waals surface area contributed by atoms with Crippen molar-refractivity contribution in [3.8, 4) is 12.3 Å². The van der Waals surface area contributed by atoms with E-state index < -0.39 is 0 Å². The number of anilines is 3. The van der Waals surface area contributed by atoms with Crippen LogP contribution in [0, 0.1) is 24.0 Å². The van der Waals surface area contributed by atoms with Crippen molar-refractivity contribution in [2.24, 2.45) is 0 Å². The molecule has 3 N–H and O–H groups in total. The van der Waals surface area contributed by atoms with E-state index in [9.17, 15) is 8.78 Å². The van der Waals surface area contributed by atoms with Crippen LogP contribution in [0.15, 0.2) is 48.5 Å². The monoisotopic (exact) mass is 380 g/mol. The molecule has 0 fully saturated rings. The van der Waals surface area contributed by atoms with Crippen LogP contribution in [0.2, 0.25) is 0 Å². The molecule has 1 heterocycles. The molecule has 8 heteroatoms. The lowest BCUT2D eigenvalue weighted by atomic mass is 10.2. The second kappa shape index (κ2) is 9.28. The summed E-state index contributed by atoms with van der Waals surface area (Å²) in [7, 11) is 0. The van der Waals surface area contributed by atoms with Crippen LogP contribution in [0.5, 0.6) is 0 Å². The fourth-order valence-corrected chi connectivity index (χ4v) is 2.31. The van der Waals surface area contributed by atoms with Gasteiger partial charge in [0.15, 0.2) is 0 Å². The number of rotatable bonds is 8. The quantitative estimate of drug-likeness (QED) is 0.520. The van der Waals surface area contributed by atoms with Gasteiger partial charge in [0.05, 0.1) is 6.54 Å². The number of hydrogen-bond acceptors (Lipinski definition) is 6. The van der Waals surface area contributed by atoms with Gasteiger partial charge in [0.1, 0.15) is 11.6 Å². The van der Waals surface area contributed by atoms with Crippen LogP contribution >= 0.6 is 0 Å². The minimum Gasteiger partial charge on any atom is -0.350 e. The maximum Gasteiger partial charge on any atom is 0.230 e. The number of hydrogen-bond donors (Lipinski definition) is 3. The number of nitrogens with zero attached hydrogens (tertiary/aromatic N) is 3. The fraction of sp³-hybridized carbons (Fsp3) is 0.150. The van der Waals surface area contributed by atoms with Crippen LogP contribution < -0.4 is 16.0 Å². The summed E-state index contributed by atoms with van der Waals surface area (Å²) in [5.74, 6) is 2.85. The van der Waals surface area contributed by atoms with Crippen LogP contribution in [-0.2, 0) is 13.1 Å². The fourth-order valence-electron chi connectivity index (χ4n) is 2.31. The largest absolute Gasteiger partial charge is 0.350 e. The van der Waals surface area contributed by atoms with Gasteiger partial charge in [0.25, 0.3) is 0 Å². The van der Waals surface area contributed by atoms with Crippen molar-refractivity contribution in [3.63, 3.8) is 0 Å². The minimum absolute atomic E-state index is 0.263. The summed E-state index contributed by atoms with van der Waals surface area (Å²) < 4.78 is 26.0. The zero-order valence-electron chi connectivity index (χ0n) is 14.9. The normalized spacial score (nSPS) is 10.2. The molecule has 0 amide bonds. The van der Waals surface area contributed by atoms with Crippen LogP contribution in [0.1, 0.15) is 11.1 Å². The van der Waals surface area contributed by atoms with E-state index in [0.717, 1.165) is 11.1 Å². The first kappa shape index (κ1) is 19.0. The zero-order valence-corrected chi connectivity index (χ0v) is 14.9. The summed E-state index contributed by atoms with van der Waals surface area (Å²) in [6.45, 7) is 1.09. The van der Waals surface area contributed by atoms with Gasteiger partial charge in [-0.25, -0.2) is 8.78 Å². The second-order valence-electron chi connectivity index (χ2n) is 5.82. The Morgan fingerprint density at radius 2 is 1.07 bits per heavy atom. The molecule has 142 valence electrons. The second-order valence-corrected chi connectivity index (χ2v) is 5.82. The predicted molar refractivity (Wildman–Crippen MR) is 105 cm³/mol. The molecule has 0 spiro atoms. The molecule has 0 unspecified atom stereocenters. The van der Waals surface area contributed by atoms with Gasteiger partial charge < -0.3 is 16.0 Å². The van der Waals surface area contributed by atoms with Gasteiger partial charge in [-0.2, -0.15) is 15.0 Å². The molecule has 0 bridgehead atoms. The third kappa shape index (κ3) is 5.64. The van der Waals surface area contributed by atoms with Gasteiger partial charge in [-0.05, 0) is 35.4 Å². The predicted octanol–water partition coefficient (Wildman–Crippen LogP) is 3.42. The van der Waals surface area contributed by atoms with Gasteiger partial charge in [0, 0.05) is 13.1 Å². The molecule has 6 nitrogen and oxygen atoms in total. The number of terminal acetylenes is 1. The van der Waals surface area contributed by atoms with Crippen LogP contribution in [-0.4, -0.2) is 21.5 Å². The number of nitrogens with one attached hydrogen (secondary N) is 3. The molecule has 0 aliphatic carbocycles. The molecule has 0 aliphatic rings. The average Bonchev–Trinajstić information content (AvgIpc) is 2.71. The van der Waals surface area contributed by atoms with Gasteiger partial charge in [0.2, 0.25) is 17.8 Å². The third-order valence-electron chi connectivity index (χ3n) is 3.71. The highest BCUT2D eigenvalue weighted by molar-refractivity contribution is 5.43. The smallest absolute Gasteiger partial charge is 0.230 e. The maximum absolute atomic E-state index is 13.0. The highest BCUT2D eigenvalue weighted by Crippen LogP contribution is 2.13. The minimum atomic E-state index is -0.294. The molecule has 2 aromatic carbocycles. The molecule has 0 radical (unpaired) electrons. The maximum atomic E-state index is 13.0. The molecule has 0 atom stereocenters. The molecular formula is C20H18F2N6. The summed E-state index contributed by atoms with van der Waals surface area (Å²) >= 11 is 0.